The smallest absolute Gasteiger partial charge is 0.230 e. The van der Waals surface area contributed by atoms with Crippen LogP contribution >= 0.6 is 0 Å². The molecule has 0 saturated carbocycles. The Morgan fingerprint density at radius 2 is 1.75 bits per heavy atom. The fraction of sp³-hybridized carbons (Fsp3) is 0.722. The third-order valence-electron chi connectivity index (χ3n) is 5.40. The van der Waals surface area contributed by atoms with Gasteiger partial charge in [0.05, 0.1) is 25.7 Å². The Kier molecular flexibility index (Phi) is 5.84. The van der Waals surface area contributed by atoms with Gasteiger partial charge in [-0.3, -0.25) is 9.59 Å². The molecule has 4 rings (SSSR count). The first-order chi connectivity index (χ1) is 13.7. The van der Waals surface area contributed by atoms with Crippen LogP contribution in [0.4, 0.5) is 11.9 Å². The highest BCUT2D eigenvalue weighted by Gasteiger charge is 2.25. The number of rotatable bonds is 5. The van der Waals surface area contributed by atoms with Crippen molar-refractivity contribution in [3.05, 3.63) is 5.82 Å². The Balaban J connectivity index is 1.46. The fourth-order valence-corrected chi connectivity index (χ4v) is 3.70. The lowest BCUT2D eigenvalue weighted by Gasteiger charge is -2.28. The normalized spacial score (nSPS) is 22.9. The van der Waals surface area contributed by atoms with Crippen LogP contribution in [0.3, 0.4) is 0 Å². The predicted octanol–water partition coefficient (Wildman–Crippen LogP) is -0.549. The Morgan fingerprint density at radius 1 is 1.07 bits per heavy atom. The van der Waals surface area contributed by atoms with E-state index in [-0.39, 0.29) is 24.3 Å². The molecule has 10 nitrogen and oxygen atoms in total. The summed E-state index contributed by atoms with van der Waals surface area (Å²) in [7, 11) is 0. The van der Waals surface area contributed by atoms with Crippen LogP contribution in [0.25, 0.3) is 0 Å². The number of carbonyl (C=O) groups excluding carboxylic acids is 2. The van der Waals surface area contributed by atoms with E-state index in [1.165, 1.54) is 0 Å². The number of ether oxygens (including phenoxy) is 1. The molecule has 1 unspecified atom stereocenters. The Bertz CT molecular complexity index is 707. The van der Waals surface area contributed by atoms with E-state index in [4.69, 9.17) is 4.74 Å². The molecule has 0 spiro atoms. The van der Waals surface area contributed by atoms with Crippen LogP contribution in [0.5, 0.6) is 0 Å². The van der Waals surface area contributed by atoms with Crippen LogP contribution in [0.1, 0.15) is 31.5 Å². The van der Waals surface area contributed by atoms with E-state index in [0.717, 1.165) is 39.0 Å². The van der Waals surface area contributed by atoms with Crippen LogP contribution in [0.2, 0.25) is 0 Å². The fourth-order valence-electron chi connectivity index (χ4n) is 3.70. The second-order valence-electron chi connectivity index (χ2n) is 7.40. The van der Waals surface area contributed by atoms with Crippen molar-refractivity contribution in [1.29, 1.82) is 0 Å². The summed E-state index contributed by atoms with van der Waals surface area (Å²) in [5, 5.41) is 5.67. The van der Waals surface area contributed by atoms with E-state index in [0.29, 0.717) is 50.3 Å². The molecule has 3 aliphatic rings. The van der Waals surface area contributed by atoms with Gasteiger partial charge in [0.2, 0.25) is 23.7 Å². The van der Waals surface area contributed by atoms with Crippen LogP contribution in [-0.4, -0.2) is 72.7 Å². The maximum absolute atomic E-state index is 12.4. The molecular formula is C18H27N7O3. The molecule has 0 aromatic carbocycles. The standard InChI is InChI=1S/C18H27N7O3/c26-15-4-3-13(11-19-15)16(27)20-12-14-21-17(24-5-1-2-6-24)23-18(22-14)25-7-9-28-10-8-25/h13H,1-12H2,(H,19,26)(H,20,27). The highest BCUT2D eigenvalue weighted by Crippen LogP contribution is 2.19. The molecule has 3 saturated heterocycles. The van der Waals surface area contributed by atoms with Crippen molar-refractivity contribution in [3.63, 3.8) is 0 Å². The third-order valence-corrected chi connectivity index (χ3v) is 5.40. The van der Waals surface area contributed by atoms with E-state index in [1.54, 1.807) is 0 Å². The quantitative estimate of drug-likeness (QED) is 0.690. The Hall–Kier alpha value is -2.49. The van der Waals surface area contributed by atoms with Gasteiger partial charge in [0.15, 0.2) is 5.82 Å². The zero-order valence-corrected chi connectivity index (χ0v) is 16.0. The van der Waals surface area contributed by atoms with Gasteiger partial charge in [-0.25, -0.2) is 0 Å². The minimum atomic E-state index is -0.198. The highest BCUT2D eigenvalue weighted by atomic mass is 16.5. The van der Waals surface area contributed by atoms with E-state index >= 15 is 0 Å². The van der Waals surface area contributed by atoms with E-state index < -0.39 is 0 Å². The summed E-state index contributed by atoms with van der Waals surface area (Å²) in [5.41, 5.74) is 0. The number of nitrogens with one attached hydrogen (secondary N) is 2. The van der Waals surface area contributed by atoms with Crippen LogP contribution in [0.15, 0.2) is 0 Å². The van der Waals surface area contributed by atoms with E-state index in [9.17, 15) is 9.59 Å². The molecule has 0 aliphatic carbocycles. The number of piperidine rings is 1. The summed E-state index contributed by atoms with van der Waals surface area (Å²) in [6.07, 6.45) is 3.24. The number of aromatic nitrogens is 3. The molecule has 1 aromatic heterocycles. The lowest BCUT2D eigenvalue weighted by atomic mass is 9.98. The van der Waals surface area contributed by atoms with Crippen LogP contribution < -0.4 is 20.4 Å². The number of carbonyl (C=O) groups is 2. The minimum Gasteiger partial charge on any atom is -0.378 e. The molecule has 3 aliphatic heterocycles. The predicted molar refractivity (Wildman–Crippen MR) is 102 cm³/mol. The van der Waals surface area contributed by atoms with Crippen molar-refractivity contribution >= 4 is 23.7 Å². The molecule has 10 heteroatoms. The molecule has 1 aromatic rings. The number of amides is 2. The Labute approximate surface area is 164 Å². The monoisotopic (exact) mass is 389 g/mol. The van der Waals surface area contributed by atoms with Gasteiger partial charge in [-0.2, -0.15) is 15.0 Å². The molecule has 0 bridgehead atoms. The van der Waals surface area contributed by atoms with Gasteiger partial charge in [-0.05, 0) is 19.3 Å². The first kappa shape index (κ1) is 18.9. The average molecular weight is 389 g/mol. The minimum absolute atomic E-state index is 0.00641. The van der Waals surface area contributed by atoms with Crippen molar-refractivity contribution in [3.8, 4) is 0 Å². The third kappa shape index (κ3) is 4.49. The summed E-state index contributed by atoms with van der Waals surface area (Å²) >= 11 is 0. The second kappa shape index (κ2) is 8.68. The van der Waals surface area contributed by atoms with Crippen molar-refractivity contribution in [2.75, 3.05) is 55.7 Å². The average Bonchev–Trinajstić information content (AvgIpc) is 3.28. The number of hydrogen-bond donors (Lipinski definition) is 2. The Morgan fingerprint density at radius 3 is 2.39 bits per heavy atom. The molecule has 2 N–H and O–H groups in total. The van der Waals surface area contributed by atoms with Gasteiger partial charge in [-0.1, -0.05) is 0 Å². The zero-order chi connectivity index (χ0) is 19.3. The number of morpholine rings is 1. The first-order valence-corrected chi connectivity index (χ1v) is 10.1. The summed E-state index contributed by atoms with van der Waals surface area (Å²) in [5.74, 6) is 1.63. The molecule has 3 fully saturated rings. The number of anilines is 2. The van der Waals surface area contributed by atoms with Crippen molar-refractivity contribution in [1.82, 2.24) is 25.6 Å². The SMILES string of the molecule is O=C1CCC(C(=O)NCc2nc(N3CCCC3)nc(N3CCOCC3)n2)CN1. The van der Waals surface area contributed by atoms with Gasteiger partial charge in [0.1, 0.15) is 0 Å². The van der Waals surface area contributed by atoms with Gasteiger partial charge in [0.25, 0.3) is 0 Å². The van der Waals surface area contributed by atoms with Crippen LogP contribution in [-0.2, 0) is 20.9 Å². The second-order valence-corrected chi connectivity index (χ2v) is 7.40. The van der Waals surface area contributed by atoms with Gasteiger partial charge in [0, 0.05) is 39.1 Å². The van der Waals surface area contributed by atoms with E-state index in [2.05, 4.69) is 35.4 Å². The van der Waals surface area contributed by atoms with Crippen molar-refractivity contribution < 1.29 is 14.3 Å². The lowest BCUT2D eigenvalue weighted by Crippen LogP contribution is -2.43. The summed E-state index contributed by atoms with van der Waals surface area (Å²) in [6.45, 7) is 5.34. The first-order valence-electron chi connectivity index (χ1n) is 10.1. The summed E-state index contributed by atoms with van der Waals surface area (Å²) < 4.78 is 5.43. The molecular weight excluding hydrogens is 362 g/mol. The van der Waals surface area contributed by atoms with Gasteiger partial charge < -0.3 is 25.2 Å². The number of hydrogen-bond acceptors (Lipinski definition) is 8. The summed E-state index contributed by atoms with van der Waals surface area (Å²) in [6, 6.07) is 0. The molecule has 4 heterocycles. The molecule has 2 amide bonds. The topological polar surface area (TPSA) is 113 Å². The lowest BCUT2D eigenvalue weighted by molar-refractivity contribution is -0.129. The number of nitrogens with zero attached hydrogens (tertiary/aromatic N) is 5. The van der Waals surface area contributed by atoms with Gasteiger partial charge >= 0.3 is 0 Å². The zero-order valence-electron chi connectivity index (χ0n) is 16.0. The maximum atomic E-state index is 12.4. The largest absolute Gasteiger partial charge is 0.378 e. The summed E-state index contributed by atoms with van der Waals surface area (Å²) in [4.78, 5) is 41.9. The molecule has 152 valence electrons. The molecule has 28 heavy (non-hydrogen) atoms. The van der Waals surface area contributed by atoms with Crippen LogP contribution in [0, 0.1) is 5.92 Å². The van der Waals surface area contributed by atoms with Gasteiger partial charge in [-0.15, -0.1) is 0 Å². The molecule has 0 radical (unpaired) electrons. The van der Waals surface area contributed by atoms with Crippen molar-refractivity contribution in [2.24, 2.45) is 5.92 Å². The maximum Gasteiger partial charge on any atom is 0.230 e. The van der Waals surface area contributed by atoms with Crippen molar-refractivity contribution in [2.45, 2.75) is 32.2 Å². The van der Waals surface area contributed by atoms with E-state index in [1.807, 2.05) is 0 Å². The molecule has 1 atom stereocenters. The highest BCUT2D eigenvalue weighted by molar-refractivity contribution is 5.83.